The van der Waals surface area contributed by atoms with Gasteiger partial charge in [0.1, 0.15) is 5.69 Å². The number of benzene rings is 1. The third kappa shape index (κ3) is 6.77. The smallest absolute Gasteiger partial charge is 0.416 e. The number of allylic oxidation sites excluding steroid dienone is 2. The van der Waals surface area contributed by atoms with Crippen LogP contribution in [0.25, 0.3) is 0 Å². The van der Waals surface area contributed by atoms with Crippen molar-refractivity contribution >= 4 is 23.3 Å². The fourth-order valence-electron chi connectivity index (χ4n) is 2.72. The Balaban J connectivity index is 1.76. The van der Waals surface area contributed by atoms with E-state index in [1.807, 2.05) is 12.2 Å². The molecule has 158 valence electrons. The molecule has 1 aliphatic rings. The summed E-state index contributed by atoms with van der Waals surface area (Å²) < 4.78 is 43.0. The van der Waals surface area contributed by atoms with Crippen LogP contribution in [-0.2, 0) is 20.5 Å². The molecule has 0 saturated heterocycles. The van der Waals surface area contributed by atoms with Gasteiger partial charge in [0.15, 0.2) is 6.61 Å². The molecule has 1 amide bonds. The third-order valence-corrected chi connectivity index (χ3v) is 4.23. The van der Waals surface area contributed by atoms with Crippen LogP contribution in [0.4, 0.5) is 24.5 Å². The Hall–Kier alpha value is -3.11. The highest BCUT2D eigenvalue weighted by atomic mass is 19.4. The number of nitrogens with zero attached hydrogens (tertiary/aromatic N) is 1. The fourth-order valence-corrected chi connectivity index (χ4v) is 2.72. The van der Waals surface area contributed by atoms with E-state index in [1.165, 1.54) is 0 Å². The van der Waals surface area contributed by atoms with Gasteiger partial charge in [0.25, 0.3) is 11.6 Å². The topological polar surface area (TPSA) is 111 Å². The molecule has 29 heavy (non-hydrogen) atoms. The van der Waals surface area contributed by atoms with Crippen LogP contribution in [0.15, 0.2) is 30.4 Å². The molecule has 0 aromatic heterocycles. The Morgan fingerprint density at radius 1 is 1.24 bits per heavy atom. The first-order valence-electron chi connectivity index (χ1n) is 8.86. The number of hydrogen-bond donors (Lipinski definition) is 2. The van der Waals surface area contributed by atoms with Gasteiger partial charge in [-0.15, -0.1) is 0 Å². The molecule has 0 fully saturated rings. The zero-order chi connectivity index (χ0) is 21.4. The molecule has 1 aliphatic carbocycles. The van der Waals surface area contributed by atoms with Crippen LogP contribution in [0.2, 0.25) is 0 Å². The SMILES string of the molecule is O=C(COC(=O)[C@H]1CC=CCC1)NCCNc1ccc(C(F)(F)F)cc1[N+](=O)[O-]. The largest absolute Gasteiger partial charge is 0.455 e. The highest BCUT2D eigenvalue weighted by molar-refractivity contribution is 5.81. The van der Waals surface area contributed by atoms with Crippen molar-refractivity contribution in [3.63, 3.8) is 0 Å². The van der Waals surface area contributed by atoms with Crippen molar-refractivity contribution in [1.29, 1.82) is 0 Å². The summed E-state index contributed by atoms with van der Waals surface area (Å²) in [7, 11) is 0. The minimum atomic E-state index is -4.69. The third-order valence-electron chi connectivity index (χ3n) is 4.23. The van der Waals surface area contributed by atoms with Crippen molar-refractivity contribution in [2.45, 2.75) is 25.4 Å². The lowest BCUT2D eigenvalue weighted by molar-refractivity contribution is -0.384. The molecular formula is C18H20F3N3O5. The molecule has 0 heterocycles. The van der Waals surface area contributed by atoms with E-state index in [1.54, 1.807) is 0 Å². The standard InChI is InChI=1S/C18H20F3N3O5/c19-18(20,21)13-6-7-14(15(10-13)24(27)28)22-8-9-23-16(25)11-29-17(26)12-4-2-1-3-5-12/h1-2,6-7,10,12,22H,3-5,8-9,11H2,(H,23,25)/t12-/m0/s1. The molecule has 0 bridgehead atoms. The van der Waals surface area contributed by atoms with Crippen LogP contribution in [0.3, 0.4) is 0 Å². The van der Waals surface area contributed by atoms with Crippen LogP contribution in [0.1, 0.15) is 24.8 Å². The van der Waals surface area contributed by atoms with Gasteiger partial charge in [0, 0.05) is 19.2 Å². The Morgan fingerprint density at radius 3 is 2.62 bits per heavy atom. The minimum Gasteiger partial charge on any atom is -0.455 e. The predicted molar refractivity (Wildman–Crippen MR) is 97.0 cm³/mol. The van der Waals surface area contributed by atoms with Crippen molar-refractivity contribution in [3.8, 4) is 0 Å². The van der Waals surface area contributed by atoms with E-state index in [2.05, 4.69) is 10.6 Å². The normalized spacial score (nSPS) is 16.2. The molecule has 1 aromatic rings. The first-order valence-corrected chi connectivity index (χ1v) is 8.86. The van der Waals surface area contributed by atoms with E-state index in [9.17, 15) is 32.9 Å². The summed E-state index contributed by atoms with van der Waals surface area (Å²) in [6.07, 6.45) is 1.21. The molecule has 2 rings (SSSR count). The van der Waals surface area contributed by atoms with Crippen molar-refractivity contribution in [2.75, 3.05) is 25.0 Å². The molecule has 0 radical (unpaired) electrons. The second-order valence-electron chi connectivity index (χ2n) is 6.35. The number of halogens is 3. The zero-order valence-electron chi connectivity index (χ0n) is 15.3. The molecule has 2 N–H and O–H groups in total. The van der Waals surface area contributed by atoms with Gasteiger partial charge in [-0.1, -0.05) is 12.2 Å². The number of nitrogens with one attached hydrogen (secondary N) is 2. The molecule has 1 aromatic carbocycles. The first-order chi connectivity index (χ1) is 13.7. The van der Waals surface area contributed by atoms with E-state index >= 15 is 0 Å². The van der Waals surface area contributed by atoms with Crippen LogP contribution in [0.5, 0.6) is 0 Å². The van der Waals surface area contributed by atoms with Crippen molar-refractivity contribution in [2.24, 2.45) is 5.92 Å². The Labute approximate surface area is 164 Å². The highest BCUT2D eigenvalue weighted by Gasteiger charge is 2.33. The van der Waals surface area contributed by atoms with Crippen LogP contribution in [-0.4, -0.2) is 36.5 Å². The quantitative estimate of drug-likeness (QED) is 0.222. The summed E-state index contributed by atoms with van der Waals surface area (Å²) in [5.74, 6) is -1.24. The van der Waals surface area contributed by atoms with Crippen LogP contribution >= 0.6 is 0 Å². The lowest BCUT2D eigenvalue weighted by Gasteiger charge is -2.16. The summed E-state index contributed by atoms with van der Waals surface area (Å²) in [6.45, 7) is -0.389. The summed E-state index contributed by atoms with van der Waals surface area (Å²) in [4.78, 5) is 33.6. The van der Waals surface area contributed by atoms with Gasteiger partial charge in [-0.05, 0) is 31.4 Å². The summed E-state index contributed by atoms with van der Waals surface area (Å²) in [5, 5.41) is 16.1. The van der Waals surface area contributed by atoms with Gasteiger partial charge in [-0.2, -0.15) is 13.2 Å². The second kappa shape index (κ2) is 9.89. The summed E-state index contributed by atoms with van der Waals surface area (Å²) >= 11 is 0. The second-order valence-corrected chi connectivity index (χ2v) is 6.35. The minimum absolute atomic E-state index is 0.0271. The van der Waals surface area contributed by atoms with Crippen molar-refractivity contribution in [3.05, 3.63) is 46.0 Å². The predicted octanol–water partition coefficient (Wildman–Crippen LogP) is 3.04. The number of alkyl halides is 3. The summed E-state index contributed by atoms with van der Waals surface area (Å²) in [5.41, 5.74) is -1.95. The van der Waals surface area contributed by atoms with Crippen LogP contribution < -0.4 is 10.6 Å². The number of hydrogen-bond acceptors (Lipinski definition) is 6. The first kappa shape index (κ1) is 22.2. The lowest BCUT2D eigenvalue weighted by atomic mass is 9.95. The number of amides is 1. The van der Waals surface area contributed by atoms with Crippen LogP contribution in [0, 0.1) is 16.0 Å². The number of nitro groups is 1. The maximum Gasteiger partial charge on any atom is 0.416 e. The van der Waals surface area contributed by atoms with E-state index in [0.717, 1.165) is 18.6 Å². The highest BCUT2D eigenvalue weighted by Crippen LogP contribution is 2.34. The molecule has 0 saturated carbocycles. The van der Waals surface area contributed by atoms with Crippen molar-refractivity contribution < 1.29 is 32.4 Å². The molecular weight excluding hydrogens is 395 g/mol. The number of carbonyl (C=O) groups excluding carboxylic acids is 2. The number of ether oxygens (including phenoxy) is 1. The number of nitro benzene ring substituents is 1. The number of rotatable bonds is 8. The molecule has 0 unspecified atom stereocenters. The number of anilines is 1. The van der Waals surface area contributed by atoms with E-state index in [0.29, 0.717) is 18.9 Å². The van der Waals surface area contributed by atoms with E-state index in [-0.39, 0.29) is 24.7 Å². The maximum atomic E-state index is 12.7. The maximum absolute atomic E-state index is 12.7. The number of esters is 1. The van der Waals surface area contributed by atoms with Gasteiger partial charge in [-0.3, -0.25) is 19.7 Å². The molecule has 0 aliphatic heterocycles. The van der Waals surface area contributed by atoms with Gasteiger partial charge < -0.3 is 15.4 Å². The average molecular weight is 415 g/mol. The molecule has 1 atom stereocenters. The van der Waals surface area contributed by atoms with E-state index < -0.39 is 40.8 Å². The Bertz CT molecular complexity index is 795. The molecule has 0 spiro atoms. The Kier molecular flexibility index (Phi) is 7.57. The van der Waals surface area contributed by atoms with Gasteiger partial charge in [-0.25, -0.2) is 0 Å². The van der Waals surface area contributed by atoms with Gasteiger partial charge in [0.2, 0.25) is 0 Å². The van der Waals surface area contributed by atoms with E-state index in [4.69, 9.17) is 4.74 Å². The summed E-state index contributed by atoms with van der Waals surface area (Å²) in [6, 6.07) is 2.14. The van der Waals surface area contributed by atoms with Crippen molar-refractivity contribution in [1.82, 2.24) is 5.32 Å². The average Bonchev–Trinajstić information content (AvgIpc) is 2.69. The van der Waals surface area contributed by atoms with Gasteiger partial charge >= 0.3 is 12.1 Å². The number of carbonyl (C=O) groups is 2. The molecule has 8 nitrogen and oxygen atoms in total. The van der Waals surface area contributed by atoms with Gasteiger partial charge in [0.05, 0.1) is 16.4 Å². The Morgan fingerprint density at radius 2 is 2.00 bits per heavy atom. The zero-order valence-corrected chi connectivity index (χ0v) is 15.3. The molecule has 11 heteroatoms. The fraction of sp³-hybridized carbons (Fsp3) is 0.444. The monoisotopic (exact) mass is 415 g/mol. The lowest BCUT2D eigenvalue weighted by Crippen LogP contribution is -2.33.